The topological polar surface area (TPSA) is 56.2 Å². The lowest BCUT2D eigenvalue weighted by molar-refractivity contribution is 0.0712. The van der Waals surface area contributed by atoms with Crippen LogP contribution in [0, 0.1) is 6.92 Å². The van der Waals surface area contributed by atoms with Crippen LogP contribution < -0.4 is 5.32 Å². The Morgan fingerprint density at radius 2 is 2.47 bits per heavy atom. The number of amides is 1. The number of nitrogens with zero attached hydrogens (tertiary/aromatic N) is 2. The smallest absolute Gasteiger partial charge is 0.255 e. The van der Waals surface area contributed by atoms with Gasteiger partial charge in [-0.1, -0.05) is 0 Å². The van der Waals surface area contributed by atoms with Gasteiger partial charge in [0, 0.05) is 19.9 Å². The van der Waals surface area contributed by atoms with Crippen molar-refractivity contribution in [2.45, 2.75) is 38.8 Å². The summed E-state index contributed by atoms with van der Waals surface area (Å²) in [6, 6.07) is 0.0459. The predicted octanol–water partition coefficient (Wildman–Crippen LogP) is 1.03. The molecule has 1 N–H and O–H groups in total. The number of rotatable bonds is 3. The summed E-state index contributed by atoms with van der Waals surface area (Å²) in [7, 11) is 1.81. The average Bonchev–Trinajstić information content (AvgIpc) is 2.87. The summed E-state index contributed by atoms with van der Waals surface area (Å²) < 4.78 is 7.21. The molecule has 5 nitrogen and oxygen atoms in total. The SMILES string of the molecule is Cc1nn(C)cc1C(=O)N[C@H](C)[C@H]1CCCO1. The number of carbonyl (C=O) groups is 1. The van der Waals surface area contributed by atoms with Crippen molar-refractivity contribution in [3.8, 4) is 0 Å². The molecule has 0 aromatic carbocycles. The third-order valence-electron chi connectivity index (χ3n) is 3.14. The monoisotopic (exact) mass is 237 g/mol. The highest BCUT2D eigenvalue weighted by atomic mass is 16.5. The summed E-state index contributed by atoms with van der Waals surface area (Å²) in [5, 5.41) is 7.14. The Bertz CT molecular complexity index is 408. The summed E-state index contributed by atoms with van der Waals surface area (Å²) in [6.45, 7) is 4.63. The summed E-state index contributed by atoms with van der Waals surface area (Å²) in [5.41, 5.74) is 1.39. The van der Waals surface area contributed by atoms with Gasteiger partial charge >= 0.3 is 0 Å². The maximum Gasteiger partial charge on any atom is 0.255 e. The van der Waals surface area contributed by atoms with Crippen molar-refractivity contribution in [2.24, 2.45) is 7.05 Å². The van der Waals surface area contributed by atoms with E-state index in [1.807, 2.05) is 20.9 Å². The Morgan fingerprint density at radius 3 is 3.00 bits per heavy atom. The van der Waals surface area contributed by atoms with Gasteiger partial charge in [-0.15, -0.1) is 0 Å². The molecule has 1 aromatic rings. The zero-order valence-corrected chi connectivity index (χ0v) is 10.6. The maximum absolute atomic E-state index is 12.0. The van der Waals surface area contributed by atoms with E-state index in [2.05, 4.69) is 10.4 Å². The van der Waals surface area contributed by atoms with Crippen molar-refractivity contribution in [3.05, 3.63) is 17.5 Å². The molecule has 0 unspecified atom stereocenters. The highest BCUT2D eigenvalue weighted by Gasteiger charge is 2.24. The van der Waals surface area contributed by atoms with E-state index in [4.69, 9.17) is 4.74 Å². The van der Waals surface area contributed by atoms with E-state index in [1.165, 1.54) is 0 Å². The van der Waals surface area contributed by atoms with Gasteiger partial charge in [0.25, 0.3) is 5.91 Å². The zero-order chi connectivity index (χ0) is 12.4. The van der Waals surface area contributed by atoms with Crippen molar-refractivity contribution < 1.29 is 9.53 Å². The molecule has 2 rings (SSSR count). The van der Waals surface area contributed by atoms with Crippen LogP contribution in [0.4, 0.5) is 0 Å². The molecule has 0 aliphatic carbocycles. The van der Waals surface area contributed by atoms with Crippen LogP contribution >= 0.6 is 0 Å². The second kappa shape index (κ2) is 4.87. The normalized spacial score (nSPS) is 21.5. The lowest BCUT2D eigenvalue weighted by Crippen LogP contribution is -2.40. The number of carbonyl (C=O) groups excluding carboxylic acids is 1. The van der Waals surface area contributed by atoms with Crippen LogP contribution in [-0.2, 0) is 11.8 Å². The summed E-state index contributed by atoms with van der Waals surface area (Å²) in [4.78, 5) is 12.0. The lowest BCUT2D eigenvalue weighted by atomic mass is 10.1. The molecule has 94 valence electrons. The number of ether oxygens (including phenoxy) is 1. The van der Waals surface area contributed by atoms with Gasteiger partial charge in [0.05, 0.1) is 23.4 Å². The van der Waals surface area contributed by atoms with Gasteiger partial charge in [0.15, 0.2) is 0 Å². The van der Waals surface area contributed by atoms with Gasteiger partial charge in [-0.3, -0.25) is 9.48 Å². The van der Waals surface area contributed by atoms with Gasteiger partial charge < -0.3 is 10.1 Å². The molecule has 2 heterocycles. The Labute approximate surface area is 101 Å². The van der Waals surface area contributed by atoms with Crippen LogP contribution in [0.25, 0.3) is 0 Å². The molecule has 2 atom stereocenters. The fraction of sp³-hybridized carbons (Fsp3) is 0.667. The molecule has 1 saturated heterocycles. The fourth-order valence-electron chi connectivity index (χ4n) is 2.20. The first-order chi connectivity index (χ1) is 8.08. The Kier molecular flexibility index (Phi) is 3.47. The Hall–Kier alpha value is -1.36. The second-order valence-electron chi connectivity index (χ2n) is 4.62. The van der Waals surface area contributed by atoms with Gasteiger partial charge in [0.2, 0.25) is 0 Å². The number of nitrogens with one attached hydrogen (secondary N) is 1. The maximum atomic E-state index is 12.0. The highest BCUT2D eigenvalue weighted by molar-refractivity contribution is 5.95. The van der Waals surface area contributed by atoms with Gasteiger partial charge in [0.1, 0.15) is 0 Å². The minimum Gasteiger partial charge on any atom is -0.376 e. The molecule has 17 heavy (non-hydrogen) atoms. The van der Waals surface area contributed by atoms with Crippen molar-refractivity contribution in [3.63, 3.8) is 0 Å². The van der Waals surface area contributed by atoms with E-state index >= 15 is 0 Å². The standard InChI is InChI=1S/C12H19N3O2/c1-8-10(7-15(3)14-8)12(16)13-9(2)11-5-4-6-17-11/h7,9,11H,4-6H2,1-3H3,(H,13,16)/t9-,11-/m1/s1. The molecule has 1 amide bonds. The van der Waals surface area contributed by atoms with Crippen molar-refractivity contribution in [2.75, 3.05) is 6.61 Å². The largest absolute Gasteiger partial charge is 0.376 e. The minimum atomic E-state index is -0.0707. The molecule has 5 heteroatoms. The van der Waals surface area contributed by atoms with Crippen LogP contribution in [0.5, 0.6) is 0 Å². The first-order valence-corrected chi connectivity index (χ1v) is 6.00. The molecule has 0 spiro atoms. The summed E-state index contributed by atoms with van der Waals surface area (Å²) >= 11 is 0. The van der Waals surface area contributed by atoms with Crippen molar-refractivity contribution in [1.82, 2.24) is 15.1 Å². The third-order valence-corrected chi connectivity index (χ3v) is 3.14. The zero-order valence-electron chi connectivity index (χ0n) is 10.6. The molecular formula is C12H19N3O2. The van der Waals surface area contributed by atoms with Crippen molar-refractivity contribution in [1.29, 1.82) is 0 Å². The van der Waals surface area contributed by atoms with E-state index in [-0.39, 0.29) is 18.1 Å². The van der Waals surface area contributed by atoms with E-state index in [9.17, 15) is 4.79 Å². The number of aryl methyl sites for hydroxylation is 2. The van der Waals surface area contributed by atoms with Gasteiger partial charge in [-0.25, -0.2) is 0 Å². The van der Waals surface area contributed by atoms with Gasteiger partial charge in [-0.05, 0) is 26.7 Å². The fourth-order valence-corrected chi connectivity index (χ4v) is 2.20. The van der Waals surface area contributed by atoms with E-state index < -0.39 is 0 Å². The van der Waals surface area contributed by atoms with Crippen molar-refractivity contribution >= 4 is 5.91 Å². The summed E-state index contributed by atoms with van der Waals surface area (Å²) in [6.07, 6.45) is 3.99. The Balaban J connectivity index is 1.98. The molecule has 1 aliphatic heterocycles. The van der Waals surface area contributed by atoms with E-state index in [0.717, 1.165) is 25.1 Å². The number of hydrogen-bond acceptors (Lipinski definition) is 3. The molecule has 1 aliphatic rings. The van der Waals surface area contributed by atoms with Crippen LogP contribution in [0.15, 0.2) is 6.20 Å². The molecule has 0 radical (unpaired) electrons. The number of hydrogen-bond donors (Lipinski definition) is 1. The molecule has 1 aromatic heterocycles. The summed E-state index contributed by atoms with van der Waals surface area (Å²) in [5.74, 6) is -0.0707. The predicted molar refractivity (Wildman–Crippen MR) is 63.8 cm³/mol. The molecule has 0 bridgehead atoms. The van der Waals surface area contributed by atoms with Crippen LogP contribution in [-0.4, -0.2) is 34.4 Å². The van der Waals surface area contributed by atoms with Crippen LogP contribution in [0.2, 0.25) is 0 Å². The second-order valence-corrected chi connectivity index (χ2v) is 4.62. The van der Waals surface area contributed by atoms with Crippen LogP contribution in [0.1, 0.15) is 35.8 Å². The molecule has 0 saturated carbocycles. The highest BCUT2D eigenvalue weighted by Crippen LogP contribution is 2.16. The third kappa shape index (κ3) is 2.66. The van der Waals surface area contributed by atoms with E-state index in [0.29, 0.717) is 5.56 Å². The van der Waals surface area contributed by atoms with Crippen LogP contribution in [0.3, 0.4) is 0 Å². The minimum absolute atomic E-state index is 0.0459. The number of aromatic nitrogens is 2. The molecular weight excluding hydrogens is 218 g/mol. The quantitative estimate of drug-likeness (QED) is 0.854. The average molecular weight is 237 g/mol. The first-order valence-electron chi connectivity index (χ1n) is 6.00. The van der Waals surface area contributed by atoms with Gasteiger partial charge in [-0.2, -0.15) is 5.10 Å². The Morgan fingerprint density at radius 1 is 1.71 bits per heavy atom. The van der Waals surface area contributed by atoms with E-state index in [1.54, 1.807) is 10.9 Å². The molecule has 1 fully saturated rings. The lowest BCUT2D eigenvalue weighted by Gasteiger charge is -2.19. The first kappa shape index (κ1) is 12.1.